The van der Waals surface area contributed by atoms with E-state index < -0.39 is 109 Å². The van der Waals surface area contributed by atoms with Crippen LogP contribution in [0.4, 0.5) is 0 Å². The van der Waals surface area contributed by atoms with E-state index in [1.807, 2.05) is 20.8 Å². The van der Waals surface area contributed by atoms with Gasteiger partial charge in [-0.15, -0.1) is 0 Å². The lowest BCUT2D eigenvalue weighted by molar-refractivity contribution is -0.305. The van der Waals surface area contributed by atoms with Gasteiger partial charge in [0.25, 0.3) is 0 Å². The number of carbonyl (C=O) groups excluding carboxylic acids is 3. The molecule has 0 aromatic carbocycles. The number of allylic oxidation sites excluding steroid dienone is 1. The maximum atomic E-state index is 13.8. The Hall–Kier alpha value is -2.09. The quantitative estimate of drug-likeness (QED) is 0.164. The van der Waals surface area contributed by atoms with Crippen molar-refractivity contribution < 1.29 is 72.7 Å². The summed E-state index contributed by atoms with van der Waals surface area (Å²) in [6.07, 6.45) is -5.96. The molecule has 336 valence electrons. The number of methoxy groups -OCH3 is 3. The lowest BCUT2D eigenvalue weighted by atomic mass is 9.78. The van der Waals surface area contributed by atoms with E-state index >= 15 is 0 Å². The zero-order chi connectivity index (χ0) is 43.4. The monoisotopic (exact) mass is 831 g/mol. The molecule has 0 bridgehead atoms. The van der Waals surface area contributed by atoms with Crippen LogP contribution in [0.25, 0.3) is 0 Å². The van der Waals surface area contributed by atoms with Crippen LogP contribution >= 0.6 is 0 Å². The van der Waals surface area contributed by atoms with Crippen LogP contribution in [0.1, 0.15) is 86.5 Å². The van der Waals surface area contributed by atoms with Crippen molar-refractivity contribution in [1.82, 2.24) is 4.90 Å². The lowest BCUT2D eigenvalue weighted by Crippen LogP contribution is -2.63. The number of likely N-dealkylation sites (N-methyl/N-ethyl adjacent to an activating group) is 1. The van der Waals surface area contributed by atoms with Crippen LogP contribution in [0, 0.1) is 29.6 Å². The first kappa shape index (κ1) is 50.3. The van der Waals surface area contributed by atoms with Crippen LogP contribution in [0.5, 0.6) is 0 Å². The third-order valence-corrected chi connectivity index (χ3v) is 12.3. The first-order chi connectivity index (χ1) is 27.4. The first-order valence-electron chi connectivity index (χ1n) is 20.9. The topological polar surface area (TPSA) is 209 Å². The average Bonchev–Trinajstić information content (AvgIpc) is 3.18. The summed E-state index contributed by atoms with van der Waals surface area (Å²) in [6, 6.07) is -0.736. The van der Waals surface area contributed by atoms with E-state index in [9.17, 15) is 34.8 Å². The summed E-state index contributed by atoms with van der Waals surface area (Å²) in [5.41, 5.74) is 0. The minimum atomic E-state index is -1.29. The zero-order valence-corrected chi connectivity index (χ0v) is 36.4. The van der Waals surface area contributed by atoms with E-state index in [0.717, 1.165) is 0 Å². The summed E-state index contributed by atoms with van der Waals surface area (Å²) in [4.78, 5) is 41.3. The number of carbonyl (C=O) groups is 3. The molecule has 1 unspecified atom stereocenters. The summed E-state index contributed by atoms with van der Waals surface area (Å²) < 4.78 is 47.0. The van der Waals surface area contributed by atoms with Crippen LogP contribution in [0.2, 0.25) is 0 Å². The lowest BCUT2D eigenvalue weighted by Gasteiger charge is -2.46. The number of hydrogen-bond donors (Lipinski definition) is 4. The molecule has 58 heavy (non-hydrogen) atoms. The molecule has 0 aromatic heterocycles. The van der Waals surface area contributed by atoms with Gasteiger partial charge in [-0.25, -0.2) is 4.79 Å². The van der Waals surface area contributed by atoms with Crippen LogP contribution in [0.3, 0.4) is 0 Å². The van der Waals surface area contributed by atoms with Crippen molar-refractivity contribution in [2.45, 2.75) is 166 Å². The summed E-state index contributed by atoms with van der Waals surface area (Å²) in [6.45, 7) is 11.0. The van der Waals surface area contributed by atoms with Gasteiger partial charge in [0.1, 0.15) is 36.3 Å². The predicted octanol–water partition coefficient (Wildman–Crippen LogP) is 2.40. The molecule has 3 aliphatic rings. The highest BCUT2D eigenvalue weighted by atomic mass is 16.7. The maximum Gasteiger partial charge on any atom is 0.330 e. The van der Waals surface area contributed by atoms with Gasteiger partial charge in [0.15, 0.2) is 12.6 Å². The zero-order valence-electron chi connectivity index (χ0n) is 36.4. The van der Waals surface area contributed by atoms with Crippen molar-refractivity contribution in [3.8, 4) is 0 Å². The molecule has 0 spiro atoms. The van der Waals surface area contributed by atoms with E-state index in [0.29, 0.717) is 25.7 Å². The average molecular weight is 832 g/mol. The van der Waals surface area contributed by atoms with Gasteiger partial charge in [-0.05, 0) is 71.9 Å². The number of esters is 2. The SMILES string of the molecule is CC[C@H]1OC(=O)C[C@@H](O)[C@H](C)[C@@H](O[C@H]2O[C@@H](C)[C@H](O)[C@@H](N(C)C)[C@@H]2O)[C@@H](C/C=C/C(=O)OC)C[C@@H](C)C(=O)CCC(C)C[C@@H]1CO[C@@H]1O[C@H](C)[C@@H](O)[C@@H](OC)[C@H]1OC. The minimum Gasteiger partial charge on any atom is -0.466 e. The normalized spacial score (nSPS) is 41.7. The van der Waals surface area contributed by atoms with Gasteiger partial charge in [0.05, 0.1) is 56.7 Å². The number of ketones is 1. The molecular weight excluding hydrogens is 758 g/mol. The fraction of sp³-hybridized carbons (Fsp3) is 0.881. The van der Waals surface area contributed by atoms with Crippen LogP contribution in [-0.2, 0) is 52.3 Å². The molecule has 3 saturated heterocycles. The van der Waals surface area contributed by atoms with Crippen LogP contribution in [-0.4, -0.2) is 165 Å². The molecule has 3 aliphatic heterocycles. The van der Waals surface area contributed by atoms with Crippen molar-refractivity contribution in [2.24, 2.45) is 29.6 Å². The molecule has 0 aliphatic carbocycles. The van der Waals surface area contributed by atoms with Gasteiger partial charge >= 0.3 is 11.9 Å². The molecule has 18 atom stereocenters. The third kappa shape index (κ3) is 13.5. The molecule has 0 radical (unpaired) electrons. The standard InChI is InChI=1S/C42H73NO15/c1-12-31-28(21-54-42-40(53-11)39(52-10)36(49)26(6)56-42)18-22(2)16-17-29(44)23(3)19-27(14-13-15-32(46)51-9)38(24(4)30(45)20-33(47)57-31)58-41-37(50)34(43(7)8)35(48)25(5)55-41/h13,15,22-28,30-31,34-42,45,48-50H,12,14,16-21H2,1-11H3/b15-13+/t22?,23-,24+,25+,26-,27+,28-,30-,31-,34-,35+,36-,37+,38-,39-,40-,41-,42-/m1/s1. The van der Waals surface area contributed by atoms with Gasteiger partial charge in [-0.2, -0.15) is 0 Å². The molecule has 16 nitrogen and oxygen atoms in total. The summed E-state index contributed by atoms with van der Waals surface area (Å²) in [7, 11) is 7.70. The Labute approximate surface area is 344 Å². The van der Waals surface area contributed by atoms with E-state index in [2.05, 4.69) is 0 Å². The minimum absolute atomic E-state index is 0.0239. The van der Waals surface area contributed by atoms with Crippen molar-refractivity contribution in [2.75, 3.05) is 42.0 Å². The Balaban J connectivity index is 1.97. The van der Waals surface area contributed by atoms with Crippen molar-refractivity contribution in [1.29, 1.82) is 0 Å². The molecule has 16 heteroatoms. The molecule has 3 fully saturated rings. The Morgan fingerprint density at radius 2 is 1.48 bits per heavy atom. The number of Topliss-reactive ketones (excluding diaryl/α,β-unsaturated/α-hetero) is 1. The Kier molecular flexibility index (Phi) is 20.6. The molecule has 0 saturated carbocycles. The number of cyclic esters (lactones) is 1. The molecule has 3 heterocycles. The number of aliphatic hydroxyl groups is 4. The van der Waals surface area contributed by atoms with Crippen molar-refractivity contribution in [3.05, 3.63) is 12.2 Å². The summed E-state index contributed by atoms with van der Waals surface area (Å²) >= 11 is 0. The summed E-state index contributed by atoms with van der Waals surface area (Å²) in [5.74, 6) is -3.16. The molecule has 0 amide bonds. The fourth-order valence-electron chi connectivity index (χ4n) is 8.67. The van der Waals surface area contributed by atoms with Crippen LogP contribution in [0.15, 0.2) is 12.2 Å². The second-order valence-electron chi connectivity index (χ2n) is 16.9. The fourth-order valence-corrected chi connectivity index (χ4v) is 8.67. The molecule has 0 aromatic rings. The van der Waals surface area contributed by atoms with E-state index in [4.69, 9.17) is 37.9 Å². The van der Waals surface area contributed by atoms with Gasteiger partial charge < -0.3 is 63.2 Å². The molecule has 3 rings (SSSR count). The van der Waals surface area contributed by atoms with Gasteiger partial charge in [0.2, 0.25) is 0 Å². The molecular formula is C42H73NO15. The van der Waals surface area contributed by atoms with Gasteiger partial charge in [0, 0.05) is 44.5 Å². The number of nitrogens with zero attached hydrogens (tertiary/aromatic N) is 1. The smallest absolute Gasteiger partial charge is 0.330 e. The molecule has 4 N–H and O–H groups in total. The van der Waals surface area contributed by atoms with Crippen molar-refractivity contribution >= 4 is 17.7 Å². The Bertz CT molecular complexity index is 1300. The maximum absolute atomic E-state index is 13.8. The highest BCUT2D eigenvalue weighted by Gasteiger charge is 2.48. The highest BCUT2D eigenvalue weighted by Crippen LogP contribution is 2.36. The number of ether oxygens (including phenoxy) is 8. The number of rotatable bonds is 12. The third-order valence-electron chi connectivity index (χ3n) is 12.3. The summed E-state index contributed by atoms with van der Waals surface area (Å²) in [5, 5.41) is 44.7. The van der Waals surface area contributed by atoms with E-state index in [1.165, 1.54) is 27.4 Å². The number of aliphatic hydroxyl groups excluding tert-OH is 4. The Morgan fingerprint density at radius 3 is 2.09 bits per heavy atom. The first-order valence-corrected chi connectivity index (χ1v) is 20.9. The second kappa shape index (κ2) is 23.8. The van der Waals surface area contributed by atoms with E-state index in [1.54, 1.807) is 45.8 Å². The van der Waals surface area contributed by atoms with Crippen molar-refractivity contribution in [3.63, 3.8) is 0 Å². The Morgan fingerprint density at radius 1 is 0.845 bits per heavy atom. The van der Waals surface area contributed by atoms with Gasteiger partial charge in [-0.3, -0.25) is 9.59 Å². The highest BCUT2D eigenvalue weighted by molar-refractivity contribution is 5.81. The number of hydrogen-bond acceptors (Lipinski definition) is 16. The van der Waals surface area contributed by atoms with Gasteiger partial charge in [-0.1, -0.05) is 33.8 Å². The van der Waals surface area contributed by atoms with Crippen LogP contribution < -0.4 is 0 Å². The second-order valence-corrected chi connectivity index (χ2v) is 16.9. The van der Waals surface area contributed by atoms with E-state index in [-0.39, 0.29) is 43.5 Å². The predicted molar refractivity (Wildman–Crippen MR) is 211 cm³/mol. The largest absolute Gasteiger partial charge is 0.466 e.